The van der Waals surface area contributed by atoms with Crippen LogP contribution in [0.4, 0.5) is 10.5 Å². The normalized spacial score (nSPS) is 24.2. The third kappa shape index (κ3) is 3.69. The quantitative estimate of drug-likeness (QED) is 0.878. The summed E-state index contributed by atoms with van der Waals surface area (Å²) in [6, 6.07) is -0.0697. The van der Waals surface area contributed by atoms with Crippen molar-refractivity contribution in [2.45, 2.75) is 38.2 Å². The van der Waals surface area contributed by atoms with Gasteiger partial charge in [0.2, 0.25) is 0 Å². The molecule has 25 heavy (non-hydrogen) atoms. The smallest absolute Gasteiger partial charge is 0.321 e. The number of carbonyl (C=O) groups is 1. The van der Waals surface area contributed by atoms with Crippen LogP contribution in [0.25, 0.3) is 10.7 Å². The van der Waals surface area contributed by atoms with Crippen molar-refractivity contribution in [3.05, 3.63) is 17.8 Å². The van der Waals surface area contributed by atoms with E-state index in [0.717, 1.165) is 56.1 Å². The molecule has 8 heteroatoms. The molecule has 0 bridgehead atoms. The molecule has 0 radical (unpaired) electrons. The van der Waals surface area contributed by atoms with Crippen LogP contribution in [0.3, 0.4) is 0 Å². The average molecular weight is 361 g/mol. The van der Waals surface area contributed by atoms with E-state index in [1.807, 2.05) is 10.3 Å². The number of carbonyl (C=O) groups excluding carboxylic acids is 1. The fourth-order valence-corrected chi connectivity index (χ4v) is 4.37. The molecular formula is C17H23N5O2S. The molecule has 7 nitrogen and oxygen atoms in total. The Morgan fingerprint density at radius 1 is 1.36 bits per heavy atom. The molecule has 4 heterocycles. The summed E-state index contributed by atoms with van der Waals surface area (Å²) >= 11 is 1.51. The van der Waals surface area contributed by atoms with Crippen LogP contribution in [0.1, 0.15) is 32.1 Å². The highest BCUT2D eigenvalue weighted by molar-refractivity contribution is 7.13. The molecule has 2 aliphatic heterocycles. The Balaban J connectivity index is 1.40. The standard InChI is InChI=1S/C17H23N5O2S/c23-17(20-13-10-19-21-15(13)16-18-6-9-25-16)22-7-3-4-12(11-22)14-5-1-2-8-24-14/h6,9-10,12,14H,1-5,7-8,11H2,(H,19,21)(H,20,23). The molecule has 2 fully saturated rings. The second-order valence-corrected chi connectivity index (χ2v) is 7.57. The summed E-state index contributed by atoms with van der Waals surface area (Å²) in [7, 11) is 0. The molecular weight excluding hydrogens is 338 g/mol. The highest BCUT2D eigenvalue weighted by Crippen LogP contribution is 2.29. The number of nitrogens with zero attached hydrogens (tertiary/aromatic N) is 3. The molecule has 2 N–H and O–H groups in total. The Kier molecular flexibility index (Phi) is 4.98. The molecule has 0 saturated carbocycles. The van der Waals surface area contributed by atoms with Crippen molar-refractivity contribution in [3.63, 3.8) is 0 Å². The largest absolute Gasteiger partial charge is 0.378 e. The van der Waals surface area contributed by atoms with Gasteiger partial charge in [-0.1, -0.05) is 0 Å². The lowest BCUT2D eigenvalue weighted by molar-refractivity contribution is -0.0360. The van der Waals surface area contributed by atoms with Gasteiger partial charge in [-0.25, -0.2) is 9.78 Å². The topological polar surface area (TPSA) is 83.1 Å². The van der Waals surface area contributed by atoms with E-state index in [4.69, 9.17) is 4.74 Å². The van der Waals surface area contributed by atoms with Crippen molar-refractivity contribution in [2.24, 2.45) is 5.92 Å². The van der Waals surface area contributed by atoms with E-state index in [0.29, 0.717) is 17.7 Å². The molecule has 2 amide bonds. The molecule has 2 saturated heterocycles. The molecule has 0 aliphatic carbocycles. The summed E-state index contributed by atoms with van der Waals surface area (Å²) in [6.07, 6.45) is 9.38. The zero-order valence-corrected chi connectivity index (χ0v) is 14.9. The van der Waals surface area contributed by atoms with E-state index >= 15 is 0 Å². The summed E-state index contributed by atoms with van der Waals surface area (Å²) in [5, 5.41) is 12.7. The highest BCUT2D eigenvalue weighted by atomic mass is 32.1. The molecule has 2 atom stereocenters. The minimum atomic E-state index is -0.0697. The number of H-pyrrole nitrogens is 1. The van der Waals surface area contributed by atoms with E-state index in [1.54, 1.807) is 12.4 Å². The highest BCUT2D eigenvalue weighted by Gasteiger charge is 2.31. The van der Waals surface area contributed by atoms with Crippen molar-refractivity contribution >= 4 is 23.1 Å². The van der Waals surface area contributed by atoms with E-state index in [9.17, 15) is 4.79 Å². The zero-order valence-electron chi connectivity index (χ0n) is 14.1. The first-order chi connectivity index (χ1) is 12.3. The van der Waals surface area contributed by atoms with Gasteiger partial charge in [0.15, 0.2) is 0 Å². The number of rotatable bonds is 3. The summed E-state index contributed by atoms with van der Waals surface area (Å²) in [6.45, 7) is 2.42. The maximum Gasteiger partial charge on any atom is 0.321 e. The van der Waals surface area contributed by atoms with Crippen LogP contribution >= 0.6 is 11.3 Å². The van der Waals surface area contributed by atoms with Crippen molar-refractivity contribution in [2.75, 3.05) is 25.0 Å². The summed E-state index contributed by atoms with van der Waals surface area (Å²) in [4.78, 5) is 18.9. The van der Waals surface area contributed by atoms with Crippen LogP contribution in [0.2, 0.25) is 0 Å². The van der Waals surface area contributed by atoms with Crippen LogP contribution in [0, 0.1) is 5.92 Å². The number of likely N-dealkylation sites (tertiary alicyclic amines) is 1. The fraction of sp³-hybridized carbons (Fsp3) is 0.588. The first kappa shape index (κ1) is 16.5. The van der Waals surface area contributed by atoms with Crippen molar-refractivity contribution < 1.29 is 9.53 Å². The van der Waals surface area contributed by atoms with E-state index in [1.165, 1.54) is 17.8 Å². The fourth-order valence-electron chi connectivity index (χ4n) is 3.72. The lowest BCUT2D eigenvalue weighted by atomic mass is 9.88. The van der Waals surface area contributed by atoms with Gasteiger partial charge in [-0.3, -0.25) is 5.10 Å². The Bertz CT molecular complexity index is 696. The number of nitrogens with one attached hydrogen (secondary N) is 2. The first-order valence-corrected chi connectivity index (χ1v) is 9.80. The number of amides is 2. The Hall–Kier alpha value is -1.93. The van der Waals surface area contributed by atoms with Gasteiger partial charge in [-0.2, -0.15) is 5.10 Å². The predicted molar refractivity (Wildman–Crippen MR) is 96.6 cm³/mol. The number of anilines is 1. The lowest BCUT2D eigenvalue weighted by Gasteiger charge is -2.38. The Labute approximate surface area is 150 Å². The molecule has 2 unspecified atom stereocenters. The van der Waals surface area contributed by atoms with Crippen molar-refractivity contribution in [1.29, 1.82) is 0 Å². The molecule has 2 aromatic rings. The molecule has 0 spiro atoms. The second-order valence-electron chi connectivity index (χ2n) is 6.68. The molecule has 2 aliphatic rings. The molecule has 0 aromatic carbocycles. The number of hydrogen-bond donors (Lipinski definition) is 2. The Morgan fingerprint density at radius 3 is 3.12 bits per heavy atom. The number of thiazole rings is 1. The van der Waals surface area contributed by atoms with Crippen molar-refractivity contribution in [1.82, 2.24) is 20.1 Å². The number of hydrogen-bond acceptors (Lipinski definition) is 5. The number of ether oxygens (including phenoxy) is 1. The summed E-state index contributed by atoms with van der Waals surface area (Å²) in [5.41, 5.74) is 1.43. The molecule has 134 valence electrons. The van der Waals surface area contributed by atoms with Crippen LogP contribution in [0.15, 0.2) is 17.8 Å². The number of urea groups is 1. The number of aromatic nitrogens is 3. The van der Waals surface area contributed by atoms with Gasteiger partial charge >= 0.3 is 6.03 Å². The van der Waals surface area contributed by atoms with Crippen molar-refractivity contribution in [3.8, 4) is 10.7 Å². The van der Waals surface area contributed by atoms with Gasteiger partial charge in [0.25, 0.3) is 0 Å². The maximum absolute atomic E-state index is 12.7. The predicted octanol–water partition coefficient (Wildman–Crippen LogP) is 3.35. The van der Waals surface area contributed by atoms with Gasteiger partial charge in [0, 0.05) is 37.2 Å². The molecule has 2 aromatic heterocycles. The minimum Gasteiger partial charge on any atom is -0.378 e. The average Bonchev–Trinajstić information content (AvgIpc) is 3.34. The lowest BCUT2D eigenvalue weighted by Crippen LogP contribution is -2.46. The second kappa shape index (κ2) is 7.53. The summed E-state index contributed by atoms with van der Waals surface area (Å²) < 4.78 is 5.94. The van der Waals surface area contributed by atoms with Gasteiger partial charge in [-0.15, -0.1) is 11.3 Å². The third-order valence-corrected chi connectivity index (χ3v) is 5.80. The third-order valence-electron chi connectivity index (χ3n) is 5.01. The van der Waals surface area contributed by atoms with Gasteiger partial charge in [0.1, 0.15) is 10.7 Å². The summed E-state index contributed by atoms with van der Waals surface area (Å²) in [5.74, 6) is 0.447. The SMILES string of the molecule is O=C(Nc1cn[nH]c1-c1nccs1)N1CCCC(C2CCCCO2)C1. The maximum atomic E-state index is 12.7. The van der Waals surface area contributed by atoms with Gasteiger partial charge < -0.3 is 15.0 Å². The van der Waals surface area contributed by atoms with Gasteiger partial charge in [-0.05, 0) is 32.1 Å². The van der Waals surface area contributed by atoms with Gasteiger partial charge in [0.05, 0.1) is 18.0 Å². The Morgan fingerprint density at radius 2 is 2.32 bits per heavy atom. The minimum absolute atomic E-state index is 0.0697. The zero-order chi connectivity index (χ0) is 17.1. The first-order valence-electron chi connectivity index (χ1n) is 8.92. The van der Waals surface area contributed by atoms with Crippen LogP contribution in [-0.2, 0) is 4.74 Å². The van der Waals surface area contributed by atoms with Crippen LogP contribution in [0.5, 0.6) is 0 Å². The van der Waals surface area contributed by atoms with E-state index in [-0.39, 0.29) is 6.03 Å². The van der Waals surface area contributed by atoms with Crippen LogP contribution in [-0.4, -0.2) is 51.9 Å². The molecule has 4 rings (SSSR count). The van der Waals surface area contributed by atoms with E-state index in [2.05, 4.69) is 20.5 Å². The number of aromatic amines is 1. The van der Waals surface area contributed by atoms with Crippen LogP contribution < -0.4 is 5.32 Å². The van der Waals surface area contributed by atoms with E-state index < -0.39 is 0 Å². The number of piperidine rings is 1. The monoisotopic (exact) mass is 361 g/mol.